The van der Waals surface area contributed by atoms with Crippen molar-refractivity contribution in [3.05, 3.63) is 69.1 Å². The third-order valence-electron chi connectivity index (χ3n) is 3.26. The van der Waals surface area contributed by atoms with Crippen LogP contribution in [0.4, 0.5) is 9.52 Å². The van der Waals surface area contributed by atoms with Gasteiger partial charge in [0.2, 0.25) is 5.91 Å². The Morgan fingerprint density at radius 2 is 1.92 bits per heavy atom. The quantitative estimate of drug-likeness (QED) is 0.693. The van der Waals surface area contributed by atoms with Crippen molar-refractivity contribution < 1.29 is 14.0 Å². The molecule has 5 nitrogen and oxygen atoms in total. The van der Waals surface area contributed by atoms with Gasteiger partial charge in [0.25, 0.3) is 5.91 Å². The molecule has 0 unspecified atom stereocenters. The van der Waals surface area contributed by atoms with E-state index in [1.165, 1.54) is 34.8 Å². The van der Waals surface area contributed by atoms with Crippen molar-refractivity contribution in [2.24, 2.45) is 0 Å². The fraction of sp³-hybridized carbons (Fsp3) is 0.118. The summed E-state index contributed by atoms with van der Waals surface area (Å²) < 4.78 is 12.8. The summed E-state index contributed by atoms with van der Waals surface area (Å²) in [6.45, 7) is 0.325. The molecule has 2 aromatic heterocycles. The average Bonchev–Trinajstić information content (AvgIpc) is 3.26. The maximum absolute atomic E-state index is 12.8. The molecule has 2 N–H and O–H groups in total. The van der Waals surface area contributed by atoms with Gasteiger partial charge in [-0.05, 0) is 29.1 Å². The van der Waals surface area contributed by atoms with Gasteiger partial charge in [-0.2, -0.15) is 0 Å². The summed E-state index contributed by atoms with van der Waals surface area (Å²) in [5.74, 6) is -0.711. The second kappa shape index (κ2) is 8.00. The molecule has 0 aliphatic heterocycles. The summed E-state index contributed by atoms with van der Waals surface area (Å²) in [5.41, 5.74) is 1.40. The van der Waals surface area contributed by atoms with E-state index >= 15 is 0 Å². The van der Waals surface area contributed by atoms with Crippen LogP contribution in [0.2, 0.25) is 0 Å². The molecule has 2 amide bonds. The van der Waals surface area contributed by atoms with E-state index < -0.39 is 0 Å². The summed E-state index contributed by atoms with van der Waals surface area (Å²) in [4.78, 5) is 28.8. The number of nitrogens with zero attached hydrogens (tertiary/aromatic N) is 1. The standard InChI is InChI=1S/C17H14FN3O2S2/c18-12-5-3-11(4-6-12)9-19-15(22)8-13-10-25-17(20-13)21-16(23)14-2-1-7-24-14/h1-7,10H,8-9H2,(H,19,22)(H,20,21,23). The number of thiophene rings is 1. The molecule has 0 atom stereocenters. The van der Waals surface area contributed by atoms with Crippen LogP contribution in [0.25, 0.3) is 0 Å². The van der Waals surface area contributed by atoms with E-state index in [-0.39, 0.29) is 24.1 Å². The first-order valence-corrected chi connectivity index (χ1v) is 9.16. The minimum Gasteiger partial charge on any atom is -0.352 e. The first-order chi connectivity index (χ1) is 12.1. The Morgan fingerprint density at radius 3 is 2.64 bits per heavy atom. The predicted octanol–water partition coefficient (Wildman–Crippen LogP) is 3.45. The van der Waals surface area contributed by atoms with Crippen LogP contribution in [0.3, 0.4) is 0 Å². The highest BCUT2D eigenvalue weighted by Gasteiger charge is 2.11. The number of aromatic nitrogens is 1. The van der Waals surface area contributed by atoms with Gasteiger partial charge in [-0.1, -0.05) is 18.2 Å². The van der Waals surface area contributed by atoms with E-state index in [4.69, 9.17) is 0 Å². The van der Waals surface area contributed by atoms with Crippen LogP contribution in [0.5, 0.6) is 0 Å². The molecular weight excluding hydrogens is 361 g/mol. The number of carbonyl (C=O) groups is 2. The molecule has 0 aliphatic carbocycles. The highest BCUT2D eigenvalue weighted by molar-refractivity contribution is 7.14. The van der Waals surface area contributed by atoms with Gasteiger partial charge in [-0.25, -0.2) is 9.37 Å². The Kier molecular flexibility index (Phi) is 5.52. The zero-order valence-corrected chi connectivity index (χ0v) is 14.6. The lowest BCUT2D eigenvalue weighted by atomic mass is 10.2. The Bertz CT molecular complexity index is 860. The van der Waals surface area contributed by atoms with Crippen LogP contribution in [0.1, 0.15) is 20.9 Å². The minimum absolute atomic E-state index is 0.118. The topological polar surface area (TPSA) is 71.1 Å². The van der Waals surface area contributed by atoms with E-state index in [1.54, 1.807) is 29.6 Å². The Morgan fingerprint density at radius 1 is 1.12 bits per heavy atom. The van der Waals surface area contributed by atoms with Gasteiger partial charge in [0.1, 0.15) is 5.82 Å². The molecule has 0 aliphatic rings. The number of benzene rings is 1. The summed E-state index contributed by atoms with van der Waals surface area (Å²) >= 11 is 2.62. The lowest BCUT2D eigenvalue weighted by Gasteiger charge is -2.04. The van der Waals surface area contributed by atoms with E-state index in [1.807, 2.05) is 5.38 Å². The number of rotatable bonds is 6. The number of hydrogen-bond donors (Lipinski definition) is 2. The maximum atomic E-state index is 12.8. The van der Waals surface area contributed by atoms with E-state index in [9.17, 15) is 14.0 Å². The van der Waals surface area contributed by atoms with Crippen molar-refractivity contribution in [3.63, 3.8) is 0 Å². The molecule has 1 aromatic carbocycles. The molecule has 2 heterocycles. The first kappa shape index (κ1) is 17.2. The summed E-state index contributed by atoms with van der Waals surface area (Å²) in [6.07, 6.45) is 0.118. The van der Waals surface area contributed by atoms with E-state index in [2.05, 4.69) is 15.6 Å². The number of nitrogens with one attached hydrogen (secondary N) is 2. The van der Waals surface area contributed by atoms with Crippen molar-refractivity contribution in [3.8, 4) is 0 Å². The van der Waals surface area contributed by atoms with Crippen LogP contribution in [-0.2, 0) is 17.8 Å². The third-order valence-corrected chi connectivity index (χ3v) is 4.94. The number of carbonyl (C=O) groups excluding carboxylic acids is 2. The molecule has 3 rings (SSSR count). The highest BCUT2D eigenvalue weighted by Crippen LogP contribution is 2.18. The molecular formula is C17H14FN3O2S2. The molecule has 128 valence electrons. The Labute approximate surface area is 151 Å². The molecule has 3 aromatic rings. The van der Waals surface area contributed by atoms with Gasteiger partial charge in [0.05, 0.1) is 17.0 Å². The second-order valence-corrected chi connectivity index (χ2v) is 6.96. The Balaban J connectivity index is 1.49. The molecule has 0 saturated heterocycles. The summed E-state index contributed by atoms with van der Waals surface area (Å²) in [5, 5.41) is 9.49. The monoisotopic (exact) mass is 375 g/mol. The number of amides is 2. The smallest absolute Gasteiger partial charge is 0.267 e. The number of anilines is 1. The predicted molar refractivity (Wildman–Crippen MR) is 96.3 cm³/mol. The molecule has 0 radical (unpaired) electrons. The van der Waals surface area contributed by atoms with Crippen molar-refractivity contribution in [1.29, 1.82) is 0 Å². The van der Waals surface area contributed by atoms with Gasteiger partial charge in [0, 0.05) is 11.9 Å². The van der Waals surface area contributed by atoms with Crippen molar-refractivity contribution in [2.45, 2.75) is 13.0 Å². The number of thiazole rings is 1. The van der Waals surface area contributed by atoms with Crippen LogP contribution in [0.15, 0.2) is 47.2 Å². The van der Waals surface area contributed by atoms with Gasteiger partial charge in [-0.3, -0.25) is 14.9 Å². The lowest BCUT2D eigenvalue weighted by molar-refractivity contribution is -0.120. The summed E-state index contributed by atoms with van der Waals surface area (Å²) in [7, 11) is 0. The maximum Gasteiger partial charge on any atom is 0.267 e. The minimum atomic E-state index is -0.310. The average molecular weight is 375 g/mol. The number of halogens is 1. The van der Waals surface area contributed by atoms with Crippen LogP contribution >= 0.6 is 22.7 Å². The molecule has 0 spiro atoms. The van der Waals surface area contributed by atoms with Gasteiger partial charge in [0.15, 0.2) is 5.13 Å². The molecule has 0 saturated carbocycles. The lowest BCUT2D eigenvalue weighted by Crippen LogP contribution is -2.24. The zero-order valence-electron chi connectivity index (χ0n) is 13.0. The van der Waals surface area contributed by atoms with Crippen molar-refractivity contribution in [1.82, 2.24) is 10.3 Å². The highest BCUT2D eigenvalue weighted by atomic mass is 32.1. The fourth-order valence-corrected chi connectivity index (χ4v) is 3.37. The molecule has 8 heteroatoms. The van der Waals surface area contributed by atoms with Crippen LogP contribution in [0, 0.1) is 5.82 Å². The van der Waals surface area contributed by atoms with E-state index in [0.717, 1.165) is 5.56 Å². The Hall–Kier alpha value is -2.58. The molecule has 0 bridgehead atoms. The van der Waals surface area contributed by atoms with Crippen molar-refractivity contribution >= 4 is 39.6 Å². The fourth-order valence-electron chi connectivity index (χ4n) is 2.04. The zero-order chi connectivity index (χ0) is 17.6. The SMILES string of the molecule is O=C(Cc1csc(NC(=O)c2cccs2)n1)NCc1ccc(F)cc1. The normalized spacial score (nSPS) is 10.4. The molecule has 0 fully saturated rings. The first-order valence-electron chi connectivity index (χ1n) is 7.40. The third kappa shape index (κ3) is 4.94. The van der Waals surface area contributed by atoms with Gasteiger partial charge >= 0.3 is 0 Å². The van der Waals surface area contributed by atoms with Crippen molar-refractivity contribution in [2.75, 3.05) is 5.32 Å². The van der Waals surface area contributed by atoms with Crippen LogP contribution < -0.4 is 10.6 Å². The van der Waals surface area contributed by atoms with Crippen LogP contribution in [-0.4, -0.2) is 16.8 Å². The van der Waals surface area contributed by atoms with E-state index in [0.29, 0.717) is 22.2 Å². The largest absolute Gasteiger partial charge is 0.352 e. The summed E-state index contributed by atoms with van der Waals surface area (Å²) in [6, 6.07) is 9.48. The van der Waals surface area contributed by atoms with Gasteiger partial charge in [-0.15, -0.1) is 22.7 Å². The second-order valence-electron chi connectivity index (χ2n) is 5.16. The molecule has 25 heavy (non-hydrogen) atoms. The number of hydrogen-bond acceptors (Lipinski definition) is 5. The van der Waals surface area contributed by atoms with Gasteiger partial charge < -0.3 is 5.32 Å².